The summed E-state index contributed by atoms with van der Waals surface area (Å²) < 4.78 is 1.72. The average Bonchev–Trinajstić information content (AvgIpc) is 3.86. The second-order valence-electron chi connectivity index (χ2n) is 15.6. The lowest BCUT2D eigenvalue weighted by atomic mass is 10.0. The number of piperazine rings is 1. The van der Waals surface area contributed by atoms with Crippen LogP contribution in [0.1, 0.15) is 85.0 Å². The summed E-state index contributed by atoms with van der Waals surface area (Å²) in [6.45, 7) is 10.5. The van der Waals surface area contributed by atoms with Gasteiger partial charge in [-0.05, 0) is 87.0 Å². The molecular weight excluding hydrogens is 697 g/mol. The maximum Gasteiger partial charge on any atom is 0.263 e. The van der Waals surface area contributed by atoms with Crippen molar-refractivity contribution in [3.8, 4) is 0 Å². The molecule has 2 saturated heterocycles. The van der Waals surface area contributed by atoms with E-state index in [9.17, 15) is 19.2 Å². The van der Waals surface area contributed by atoms with E-state index < -0.39 is 0 Å². The molecule has 2 amide bonds. The summed E-state index contributed by atoms with van der Waals surface area (Å²) in [7, 11) is 2.14. The molecule has 14 heteroatoms. The zero-order valence-corrected chi connectivity index (χ0v) is 32.0. The van der Waals surface area contributed by atoms with Gasteiger partial charge in [-0.2, -0.15) is 4.98 Å². The Bertz CT molecular complexity index is 2170. The molecule has 55 heavy (non-hydrogen) atoms. The van der Waals surface area contributed by atoms with Gasteiger partial charge in [-0.15, -0.1) is 0 Å². The number of aryl methyl sites for hydroxylation is 1. The molecule has 4 aliphatic rings. The number of piperidine rings is 1. The van der Waals surface area contributed by atoms with Crippen molar-refractivity contribution in [3.05, 3.63) is 75.3 Å². The standard InChI is InChI=1S/C41H50N10O4/c1-26-33-23-43-41(46-38(33)51(30-7-4-5-8-30)40(55)37(26)27(2)52)44-35-13-11-32(22-42-35)49-19-17-48(18-20-49)16-6-15-47(3)31-10-9-28-24-50(25-29(28)21-31)34-12-14-36(53)45-39(34)54/h9-11,13,21-23,30,34H,4-8,12,14-20,24-25H2,1-3H3,(H,45,53,54)(H,42,43,44,46). The molecule has 1 unspecified atom stereocenters. The molecule has 0 radical (unpaired) electrons. The van der Waals surface area contributed by atoms with Crippen LogP contribution in [0, 0.1) is 6.92 Å². The molecule has 1 aromatic carbocycles. The minimum Gasteiger partial charge on any atom is -0.375 e. The van der Waals surface area contributed by atoms with Crippen molar-refractivity contribution in [1.82, 2.24) is 34.6 Å². The number of ketones is 1. The molecule has 0 bridgehead atoms. The molecule has 0 spiro atoms. The van der Waals surface area contributed by atoms with Crippen molar-refractivity contribution in [2.24, 2.45) is 0 Å². The molecule has 288 valence electrons. The third kappa shape index (κ3) is 7.57. The van der Waals surface area contributed by atoms with E-state index in [0.717, 1.165) is 95.5 Å². The van der Waals surface area contributed by atoms with Crippen LogP contribution in [0.4, 0.5) is 23.1 Å². The van der Waals surface area contributed by atoms with Crippen LogP contribution in [0.15, 0.2) is 47.5 Å². The molecule has 14 nitrogen and oxygen atoms in total. The molecular formula is C41H50N10O4. The Kier molecular flexibility index (Phi) is 10.4. The quantitative estimate of drug-likeness (QED) is 0.166. The van der Waals surface area contributed by atoms with E-state index in [1.54, 1.807) is 17.7 Å². The third-order valence-electron chi connectivity index (χ3n) is 12.0. The molecule has 3 aliphatic heterocycles. The van der Waals surface area contributed by atoms with Crippen molar-refractivity contribution < 1.29 is 14.4 Å². The number of fused-ring (bicyclic) bond motifs is 2. The summed E-state index contributed by atoms with van der Waals surface area (Å²) in [5.74, 6) is 0.400. The van der Waals surface area contributed by atoms with Crippen LogP contribution in [0.5, 0.6) is 0 Å². The van der Waals surface area contributed by atoms with Gasteiger partial charge in [0.2, 0.25) is 17.8 Å². The topological polar surface area (TPSA) is 149 Å². The zero-order valence-electron chi connectivity index (χ0n) is 32.0. The van der Waals surface area contributed by atoms with E-state index >= 15 is 0 Å². The zero-order chi connectivity index (χ0) is 38.2. The smallest absolute Gasteiger partial charge is 0.263 e. The third-order valence-corrected chi connectivity index (χ3v) is 12.0. The monoisotopic (exact) mass is 746 g/mol. The summed E-state index contributed by atoms with van der Waals surface area (Å²) in [6.07, 6.45) is 9.52. The van der Waals surface area contributed by atoms with Gasteiger partial charge in [0.15, 0.2) is 5.78 Å². The van der Waals surface area contributed by atoms with Gasteiger partial charge in [0, 0.05) is 82.6 Å². The van der Waals surface area contributed by atoms with Gasteiger partial charge in [0.05, 0.1) is 23.5 Å². The molecule has 6 heterocycles. The normalized spacial score (nSPS) is 19.5. The van der Waals surface area contributed by atoms with E-state index in [4.69, 9.17) is 4.98 Å². The number of pyridine rings is 2. The number of nitrogens with zero attached hydrogens (tertiary/aromatic N) is 8. The number of imide groups is 1. The van der Waals surface area contributed by atoms with E-state index in [0.29, 0.717) is 35.8 Å². The first-order valence-electron chi connectivity index (χ1n) is 19.7. The lowest BCUT2D eigenvalue weighted by Crippen LogP contribution is -2.50. The number of hydrogen-bond donors (Lipinski definition) is 2. The highest BCUT2D eigenvalue weighted by molar-refractivity contribution is 6.00. The summed E-state index contributed by atoms with van der Waals surface area (Å²) in [4.78, 5) is 73.4. The Morgan fingerprint density at radius 1 is 0.964 bits per heavy atom. The highest BCUT2D eigenvalue weighted by Gasteiger charge is 2.35. The fraction of sp³-hybridized carbons (Fsp3) is 0.488. The average molecular weight is 747 g/mol. The van der Waals surface area contributed by atoms with E-state index in [-0.39, 0.29) is 40.8 Å². The van der Waals surface area contributed by atoms with Gasteiger partial charge in [-0.25, -0.2) is 9.97 Å². The summed E-state index contributed by atoms with van der Waals surface area (Å²) >= 11 is 0. The number of rotatable bonds is 11. The number of amides is 2. The van der Waals surface area contributed by atoms with Crippen molar-refractivity contribution in [1.29, 1.82) is 0 Å². The van der Waals surface area contributed by atoms with Crippen molar-refractivity contribution in [2.75, 3.05) is 61.4 Å². The molecule has 1 atom stereocenters. The fourth-order valence-corrected chi connectivity index (χ4v) is 8.86. The van der Waals surface area contributed by atoms with Crippen LogP contribution in [-0.2, 0) is 22.7 Å². The van der Waals surface area contributed by atoms with Crippen LogP contribution < -0.4 is 26.0 Å². The van der Waals surface area contributed by atoms with E-state index in [1.165, 1.54) is 23.7 Å². The van der Waals surface area contributed by atoms with Crippen molar-refractivity contribution >= 4 is 51.8 Å². The second-order valence-corrected chi connectivity index (χ2v) is 15.6. The predicted molar refractivity (Wildman–Crippen MR) is 212 cm³/mol. The Labute approximate surface area is 320 Å². The minimum atomic E-state index is -0.262. The summed E-state index contributed by atoms with van der Waals surface area (Å²) in [5, 5.41) is 6.44. The number of aromatic nitrogens is 4. The first kappa shape index (κ1) is 36.8. The first-order valence-corrected chi connectivity index (χ1v) is 19.7. The lowest BCUT2D eigenvalue weighted by molar-refractivity contribution is -0.137. The van der Waals surface area contributed by atoms with Crippen LogP contribution in [0.2, 0.25) is 0 Å². The number of carbonyl (C=O) groups excluding carboxylic acids is 3. The molecule has 1 saturated carbocycles. The maximum absolute atomic E-state index is 13.6. The first-order chi connectivity index (χ1) is 26.6. The van der Waals surface area contributed by atoms with Gasteiger partial charge < -0.3 is 15.1 Å². The number of benzene rings is 1. The summed E-state index contributed by atoms with van der Waals surface area (Å²) in [5.41, 5.74) is 5.92. The Hall–Kier alpha value is -5.21. The molecule has 4 aromatic rings. The molecule has 3 aromatic heterocycles. The molecule has 1 aliphatic carbocycles. The number of carbonyl (C=O) groups is 3. The molecule has 3 fully saturated rings. The number of Topliss-reactive ketones (excluding diaryl/α,β-unsaturated/α-hetero) is 1. The van der Waals surface area contributed by atoms with Crippen molar-refractivity contribution in [2.45, 2.75) is 84.0 Å². The SMILES string of the molecule is CC(=O)c1c(C)c2cnc(Nc3ccc(N4CCN(CCCN(C)c5ccc6c(c5)CN(C5CCC(=O)NC5=O)C6)CC4)cn3)nc2n(C2CCCC2)c1=O. The van der Waals surface area contributed by atoms with Crippen LogP contribution >= 0.6 is 0 Å². The largest absolute Gasteiger partial charge is 0.375 e. The maximum atomic E-state index is 13.6. The predicted octanol–water partition coefficient (Wildman–Crippen LogP) is 4.33. The van der Waals surface area contributed by atoms with Gasteiger partial charge in [0.1, 0.15) is 11.5 Å². The van der Waals surface area contributed by atoms with Gasteiger partial charge in [-0.3, -0.25) is 38.9 Å². The van der Waals surface area contributed by atoms with E-state index in [2.05, 4.69) is 71.5 Å². The van der Waals surface area contributed by atoms with Gasteiger partial charge in [-0.1, -0.05) is 18.9 Å². The Morgan fingerprint density at radius 2 is 1.75 bits per heavy atom. The van der Waals surface area contributed by atoms with E-state index in [1.807, 2.05) is 12.3 Å². The second kappa shape index (κ2) is 15.5. The Balaban J connectivity index is 0.824. The number of anilines is 4. The fourth-order valence-electron chi connectivity index (χ4n) is 8.86. The molecule has 2 N–H and O–H groups in total. The van der Waals surface area contributed by atoms with Crippen molar-refractivity contribution in [3.63, 3.8) is 0 Å². The van der Waals surface area contributed by atoms with Gasteiger partial charge in [0.25, 0.3) is 5.56 Å². The van der Waals surface area contributed by atoms with Crippen LogP contribution in [0.25, 0.3) is 11.0 Å². The Morgan fingerprint density at radius 3 is 2.47 bits per heavy atom. The van der Waals surface area contributed by atoms with Gasteiger partial charge >= 0.3 is 0 Å². The summed E-state index contributed by atoms with van der Waals surface area (Å²) in [6, 6.07) is 10.4. The lowest BCUT2D eigenvalue weighted by Gasteiger charge is -2.36. The van der Waals surface area contributed by atoms with Crippen LogP contribution in [-0.4, -0.2) is 99.3 Å². The number of hydrogen-bond acceptors (Lipinski definition) is 12. The van der Waals surface area contributed by atoms with Crippen LogP contribution in [0.3, 0.4) is 0 Å². The highest BCUT2D eigenvalue weighted by Crippen LogP contribution is 2.33. The highest BCUT2D eigenvalue weighted by atomic mass is 16.2. The number of nitrogens with one attached hydrogen (secondary N) is 2. The molecule has 8 rings (SSSR count). The minimum absolute atomic E-state index is 0.0223.